The molecule has 1 aliphatic heterocycles. The van der Waals surface area contributed by atoms with Crippen molar-refractivity contribution in [1.29, 1.82) is 5.26 Å². The van der Waals surface area contributed by atoms with Gasteiger partial charge in [-0.3, -0.25) is 4.72 Å². The Hall–Kier alpha value is -3.81. The van der Waals surface area contributed by atoms with Gasteiger partial charge < -0.3 is 19.6 Å². The van der Waals surface area contributed by atoms with Crippen LogP contribution in [0.5, 0.6) is 0 Å². The van der Waals surface area contributed by atoms with Crippen molar-refractivity contribution in [2.45, 2.75) is 45.8 Å². The van der Waals surface area contributed by atoms with Crippen LogP contribution in [0.15, 0.2) is 54.6 Å². The first-order valence-electron chi connectivity index (χ1n) is 13.4. The first kappa shape index (κ1) is 29.2. The Kier molecular flexibility index (Phi) is 8.57. The quantitative estimate of drug-likeness (QED) is 0.422. The highest BCUT2D eigenvalue weighted by Crippen LogP contribution is 2.31. The fraction of sp³-hybridized carbons (Fsp3) is 0.400. The van der Waals surface area contributed by atoms with Crippen LogP contribution < -0.4 is 9.62 Å². The molecule has 0 aliphatic carbocycles. The molecule has 1 amide bonds. The monoisotopic (exact) mass is 564 g/mol. The van der Waals surface area contributed by atoms with Gasteiger partial charge in [-0.15, -0.1) is 0 Å². The van der Waals surface area contributed by atoms with Crippen LogP contribution in [0.1, 0.15) is 50.5 Å². The summed E-state index contributed by atoms with van der Waals surface area (Å²) < 4.78 is 33.0. The Morgan fingerprint density at radius 1 is 1.05 bits per heavy atom. The minimum atomic E-state index is -3.54. The number of benzene rings is 3. The van der Waals surface area contributed by atoms with Crippen LogP contribution in [0.25, 0.3) is 10.8 Å². The highest BCUT2D eigenvalue weighted by atomic mass is 32.2. The summed E-state index contributed by atoms with van der Waals surface area (Å²) in [5.41, 5.74) is 2.60. The number of fused-ring (bicyclic) bond motifs is 1. The summed E-state index contributed by atoms with van der Waals surface area (Å²) in [6.45, 7) is 9.27. The van der Waals surface area contributed by atoms with Crippen molar-refractivity contribution >= 4 is 38.3 Å². The van der Waals surface area contributed by atoms with E-state index in [0.717, 1.165) is 16.5 Å². The van der Waals surface area contributed by atoms with E-state index < -0.39 is 21.7 Å². The standard InChI is InChI=1S/C30H36N4O5S/c1-5-40(37,38)32-27-11-10-26(33-12-14-34(15-13-33)29(36)39-30(2,3)4)18-25(27)19-28(35)23-9-8-22-7-6-21(20-31)16-24(22)17-23/h6-11,16-18,28,32,35H,5,12-15,19H2,1-4H3. The Bertz CT molecular complexity index is 1530. The lowest BCUT2D eigenvalue weighted by Gasteiger charge is -2.37. The average Bonchev–Trinajstić information content (AvgIpc) is 2.92. The summed E-state index contributed by atoms with van der Waals surface area (Å²) in [5, 5.41) is 22.3. The molecule has 9 nitrogen and oxygen atoms in total. The van der Waals surface area contributed by atoms with Crippen molar-refractivity contribution in [3.63, 3.8) is 0 Å². The summed E-state index contributed by atoms with van der Waals surface area (Å²) in [6, 6.07) is 18.6. The summed E-state index contributed by atoms with van der Waals surface area (Å²) in [6.07, 6.45) is -1.06. The molecule has 40 heavy (non-hydrogen) atoms. The minimum Gasteiger partial charge on any atom is -0.444 e. The molecule has 3 aromatic carbocycles. The molecule has 0 saturated carbocycles. The molecule has 0 spiro atoms. The highest BCUT2D eigenvalue weighted by molar-refractivity contribution is 7.92. The number of anilines is 2. The second-order valence-corrected chi connectivity index (χ2v) is 13.0. The summed E-state index contributed by atoms with van der Waals surface area (Å²) in [4.78, 5) is 16.3. The number of hydrogen-bond acceptors (Lipinski definition) is 7. The molecular formula is C30H36N4O5S. The zero-order valence-electron chi connectivity index (χ0n) is 23.3. The smallest absolute Gasteiger partial charge is 0.410 e. The van der Waals surface area contributed by atoms with Crippen LogP contribution in [0, 0.1) is 11.3 Å². The molecule has 1 fully saturated rings. The maximum Gasteiger partial charge on any atom is 0.410 e. The molecule has 3 aromatic rings. The summed E-state index contributed by atoms with van der Waals surface area (Å²) >= 11 is 0. The number of sulfonamides is 1. The molecule has 1 unspecified atom stereocenters. The molecule has 4 rings (SSSR count). The van der Waals surface area contributed by atoms with Gasteiger partial charge in [-0.05, 0) is 86.0 Å². The normalized spacial score (nSPS) is 15.0. The van der Waals surface area contributed by atoms with E-state index in [9.17, 15) is 23.6 Å². The van der Waals surface area contributed by atoms with Crippen LogP contribution in [0.3, 0.4) is 0 Å². The Balaban J connectivity index is 1.57. The molecule has 0 aromatic heterocycles. The summed E-state index contributed by atoms with van der Waals surface area (Å²) in [7, 11) is -3.54. The number of nitrogens with one attached hydrogen (secondary N) is 1. The Morgan fingerprint density at radius 2 is 1.75 bits per heavy atom. The number of nitriles is 1. The number of ether oxygens (including phenoxy) is 1. The number of piperazine rings is 1. The Morgan fingerprint density at radius 3 is 2.40 bits per heavy atom. The van der Waals surface area contributed by atoms with Gasteiger partial charge in [-0.2, -0.15) is 5.26 Å². The molecule has 2 N–H and O–H groups in total. The Labute approximate surface area is 236 Å². The van der Waals surface area contributed by atoms with Gasteiger partial charge in [-0.1, -0.05) is 18.2 Å². The largest absolute Gasteiger partial charge is 0.444 e. The second-order valence-electron chi connectivity index (χ2n) is 11.0. The fourth-order valence-corrected chi connectivity index (χ4v) is 5.31. The highest BCUT2D eigenvalue weighted by Gasteiger charge is 2.26. The van der Waals surface area contributed by atoms with E-state index in [1.807, 2.05) is 57.2 Å². The van der Waals surface area contributed by atoms with E-state index in [4.69, 9.17) is 4.74 Å². The number of amides is 1. The SMILES string of the molecule is CCS(=O)(=O)Nc1ccc(N2CCN(C(=O)OC(C)(C)C)CC2)cc1CC(O)c1ccc2ccc(C#N)cc2c1. The number of carbonyl (C=O) groups excluding carboxylic acids is 1. The predicted octanol–water partition coefficient (Wildman–Crippen LogP) is 4.81. The predicted molar refractivity (Wildman–Crippen MR) is 157 cm³/mol. The summed E-state index contributed by atoms with van der Waals surface area (Å²) in [5.74, 6) is -0.0741. The molecule has 10 heteroatoms. The molecule has 1 saturated heterocycles. The second kappa shape index (κ2) is 11.7. The number of nitrogens with zero attached hydrogens (tertiary/aromatic N) is 3. The van der Waals surface area contributed by atoms with Crippen LogP contribution in [-0.2, 0) is 21.2 Å². The topological polar surface area (TPSA) is 123 Å². The van der Waals surface area contributed by atoms with Crippen molar-refractivity contribution in [1.82, 2.24) is 4.90 Å². The van der Waals surface area contributed by atoms with Gasteiger partial charge in [-0.25, -0.2) is 13.2 Å². The van der Waals surface area contributed by atoms with Gasteiger partial charge in [0.15, 0.2) is 0 Å². The molecule has 1 atom stereocenters. The third-order valence-electron chi connectivity index (χ3n) is 6.82. The van der Waals surface area contributed by atoms with E-state index in [0.29, 0.717) is 48.6 Å². The van der Waals surface area contributed by atoms with Crippen LogP contribution >= 0.6 is 0 Å². The van der Waals surface area contributed by atoms with Crippen LogP contribution in [0.2, 0.25) is 0 Å². The average molecular weight is 565 g/mol. The van der Waals surface area contributed by atoms with Crippen molar-refractivity contribution < 1.29 is 23.1 Å². The number of aliphatic hydroxyl groups excluding tert-OH is 1. The van der Waals surface area contributed by atoms with Crippen LogP contribution in [0.4, 0.5) is 16.2 Å². The van der Waals surface area contributed by atoms with E-state index in [2.05, 4.69) is 15.7 Å². The first-order valence-corrected chi connectivity index (χ1v) is 15.0. The van der Waals surface area contributed by atoms with Crippen molar-refractivity contribution in [3.05, 3.63) is 71.3 Å². The molecule has 1 aliphatic rings. The lowest BCUT2D eigenvalue weighted by atomic mass is 9.97. The third kappa shape index (κ3) is 7.23. The van der Waals surface area contributed by atoms with Gasteiger partial charge in [0, 0.05) is 38.3 Å². The van der Waals surface area contributed by atoms with Gasteiger partial charge in [0.05, 0.1) is 29.2 Å². The number of aliphatic hydroxyl groups is 1. The van der Waals surface area contributed by atoms with Gasteiger partial charge in [0.25, 0.3) is 0 Å². The first-order chi connectivity index (χ1) is 18.9. The maximum atomic E-state index is 12.5. The van der Waals surface area contributed by atoms with Gasteiger partial charge >= 0.3 is 6.09 Å². The van der Waals surface area contributed by atoms with Gasteiger partial charge in [0.2, 0.25) is 10.0 Å². The fourth-order valence-electron chi connectivity index (χ4n) is 4.63. The maximum absolute atomic E-state index is 12.5. The van der Waals surface area contributed by atoms with Gasteiger partial charge in [0.1, 0.15) is 5.60 Å². The number of carbonyl (C=O) groups is 1. The molecule has 0 radical (unpaired) electrons. The lowest BCUT2D eigenvalue weighted by molar-refractivity contribution is 0.0240. The van der Waals surface area contributed by atoms with E-state index in [1.54, 1.807) is 30.0 Å². The van der Waals surface area contributed by atoms with Crippen molar-refractivity contribution in [2.75, 3.05) is 41.6 Å². The lowest BCUT2D eigenvalue weighted by Crippen LogP contribution is -2.50. The van der Waals surface area contributed by atoms with E-state index in [1.165, 1.54) is 0 Å². The molecule has 0 bridgehead atoms. The minimum absolute atomic E-state index is 0.0741. The zero-order chi connectivity index (χ0) is 29.1. The van der Waals surface area contributed by atoms with Crippen LogP contribution in [-0.4, -0.2) is 62.1 Å². The zero-order valence-corrected chi connectivity index (χ0v) is 24.2. The number of hydrogen-bond donors (Lipinski definition) is 2. The molecule has 212 valence electrons. The third-order valence-corrected chi connectivity index (χ3v) is 8.11. The molecule has 1 heterocycles. The number of rotatable bonds is 7. The van der Waals surface area contributed by atoms with E-state index >= 15 is 0 Å². The van der Waals surface area contributed by atoms with E-state index in [-0.39, 0.29) is 18.3 Å². The molecular weight excluding hydrogens is 528 g/mol. The van der Waals surface area contributed by atoms with Crippen molar-refractivity contribution in [3.8, 4) is 6.07 Å². The van der Waals surface area contributed by atoms with Crippen molar-refractivity contribution in [2.24, 2.45) is 0 Å².